The van der Waals surface area contributed by atoms with Gasteiger partial charge >= 0.3 is 0 Å². The zero-order valence-corrected chi connectivity index (χ0v) is 6.88. The van der Waals surface area contributed by atoms with Crippen LogP contribution in [0.1, 0.15) is 5.56 Å². The molecule has 1 N–H and O–H groups in total. The van der Waals surface area contributed by atoms with Gasteiger partial charge in [-0.05, 0) is 5.56 Å². The van der Waals surface area contributed by atoms with Gasteiger partial charge in [-0.15, -0.1) is 0 Å². The second kappa shape index (κ2) is 2.76. The number of rotatable bonds is 1. The van der Waals surface area contributed by atoms with Crippen LogP contribution in [0.15, 0.2) is 30.3 Å². The average molecular weight is 197 g/mol. The number of aliphatic hydroxyl groups is 1. The fraction of sp³-hybridized carbons (Fsp3) is 0.143. The number of halogens is 1. The monoisotopic (exact) mass is 196 g/mol. The van der Waals surface area contributed by atoms with E-state index >= 15 is 0 Å². The Labute approximate surface area is 69.6 Å². The molecule has 0 spiro atoms. The molecule has 0 aliphatic carbocycles. The first-order valence-corrected chi connectivity index (χ1v) is 3.65. The number of hydrogen-bond donors (Lipinski definition) is 1. The topological polar surface area (TPSA) is 20.2 Å². The molecular weight excluding hydrogens is 191 g/mol. The Morgan fingerprint density at radius 3 is 2.10 bits per heavy atom. The summed E-state index contributed by atoms with van der Waals surface area (Å²) in [6.07, 6.45) is 0. The smallest absolute Gasteiger partial charge is 0.136 e. The molecule has 0 fully saturated rings. The van der Waals surface area contributed by atoms with E-state index in [1.54, 1.807) is 12.1 Å². The van der Waals surface area contributed by atoms with E-state index in [1.165, 1.54) is 0 Å². The summed E-state index contributed by atoms with van der Waals surface area (Å²) in [5.74, 6) is 0. The minimum atomic E-state index is -1.39. The van der Waals surface area contributed by atoms with Crippen molar-refractivity contribution in [2.75, 3.05) is 0 Å². The summed E-state index contributed by atoms with van der Waals surface area (Å²) in [4.78, 5) is 0. The van der Waals surface area contributed by atoms with Gasteiger partial charge in [-0.2, -0.15) is 0 Å². The molecule has 0 aliphatic heterocycles. The van der Waals surface area contributed by atoms with Gasteiger partial charge in [-0.3, -0.25) is 0 Å². The largest absolute Gasteiger partial charge is 0.384 e. The highest BCUT2D eigenvalue weighted by Gasteiger charge is 2.15. The first-order valence-electron chi connectivity index (χ1n) is 2.86. The molecule has 0 amide bonds. The van der Waals surface area contributed by atoms with E-state index in [2.05, 4.69) is 15.9 Å². The highest BCUT2D eigenvalue weighted by atomic mass is 79.9. The fourth-order valence-corrected chi connectivity index (χ4v) is 0.936. The summed E-state index contributed by atoms with van der Waals surface area (Å²) in [6.45, 7) is 0. The van der Waals surface area contributed by atoms with Crippen LogP contribution < -0.4 is 0 Å². The van der Waals surface area contributed by atoms with Crippen molar-refractivity contribution >= 4 is 23.8 Å². The molecule has 3 heteroatoms. The maximum atomic E-state index is 9.18. The van der Waals surface area contributed by atoms with E-state index in [0.717, 1.165) is 0 Å². The van der Waals surface area contributed by atoms with Gasteiger partial charge in [0.15, 0.2) is 0 Å². The zero-order valence-electron chi connectivity index (χ0n) is 5.29. The molecule has 0 bridgehead atoms. The van der Waals surface area contributed by atoms with E-state index in [0.29, 0.717) is 5.56 Å². The van der Waals surface area contributed by atoms with Crippen LogP contribution in [-0.4, -0.2) is 13.0 Å². The molecule has 1 nitrogen and oxygen atoms in total. The second-order valence-corrected chi connectivity index (χ2v) is 3.25. The van der Waals surface area contributed by atoms with Crippen LogP contribution in [-0.2, 0) is 4.41 Å². The summed E-state index contributed by atoms with van der Waals surface area (Å²) >= 11 is 2.92. The first-order chi connectivity index (χ1) is 4.61. The summed E-state index contributed by atoms with van der Waals surface area (Å²) in [5.41, 5.74) is 0.648. The maximum absolute atomic E-state index is 9.18. The van der Waals surface area contributed by atoms with Crippen molar-refractivity contribution in [3.8, 4) is 0 Å². The van der Waals surface area contributed by atoms with Crippen molar-refractivity contribution < 1.29 is 5.11 Å². The molecule has 1 aromatic rings. The molecule has 10 heavy (non-hydrogen) atoms. The summed E-state index contributed by atoms with van der Waals surface area (Å²) in [6, 6.07) is 8.98. The van der Waals surface area contributed by atoms with E-state index < -0.39 is 4.41 Å². The molecule has 0 saturated carbocycles. The van der Waals surface area contributed by atoms with Gasteiger partial charge in [0.2, 0.25) is 0 Å². The molecule has 1 unspecified atom stereocenters. The second-order valence-electron chi connectivity index (χ2n) is 2.04. The predicted molar refractivity (Wildman–Crippen MR) is 45.0 cm³/mol. The van der Waals surface area contributed by atoms with Crippen LogP contribution in [0.2, 0.25) is 0 Å². The minimum absolute atomic E-state index is 0.648. The predicted octanol–water partition coefficient (Wildman–Crippen LogP) is 1.35. The zero-order chi connectivity index (χ0) is 7.61. The molecule has 0 aliphatic rings. The molecule has 2 radical (unpaired) electrons. The average Bonchev–Trinajstić information content (AvgIpc) is 1.88. The van der Waals surface area contributed by atoms with Gasteiger partial charge < -0.3 is 5.11 Å². The van der Waals surface area contributed by atoms with E-state index in [1.807, 2.05) is 18.2 Å². The van der Waals surface area contributed by atoms with Gasteiger partial charge in [-0.1, -0.05) is 46.3 Å². The Morgan fingerprint density at radius 2 is 1.80 bits per heavy atom. The van der Waals surface area contributed by atoms with Crippen LogP contribution in [0, 0.1) is 0 Å². The Kier molecular flexibility index (Phi) is 2.16. The van der Waals surface area contributed by atoms with E-state index in [-0.39, 0.29) is 0 Å². The van der Waals surface area contributed by atoms with Crippen LogP contribution in [0.5, 0.6) is 0 Å². The third kappa shape index (κ3) is 1.85. The molecule has 1 rings (SSSR count). The van der Waals surface area contributed by atoms with Gasteiger partial charge in [0, 0.05) is 0 Å². The highest BCUT2D eigenvalue weighted by molar-refractivity contribution is 9.10. The van der Waals surface area contributed by atoms with Gasteiger partial charge in [-0.25, -0.2) is 0 Å². The Morgan fingerprint density at radius 1 is 1.30 bits per heavy atom. The SMILES string of the molecule is [B]C(O)(Br)c1ccccc1. The normalized spacial score (nSPS) is 16.2. The lowest BCUT2D eigenvalue weighted by atomic mass is 9.92. The highest BCUT2D eigenvalue weighted by Crippen LogP contribution is 2.22. The third-order valence-corrected chi connectivity index (χ3v) is 1.64. The van der Waals surface area contributed by atoms with Crippen LogP contribution >= 0.6 is 15.9 Å². The van der Waals surface area contributed by atoms with Crippen molar-refractivity contribution in [1.82, 2.24) is 0 Å². The lowest BCUT2D eigenvalue weighted by Crippen LogP contribution is -2.15. The number of alkyl halides is 1. The van der Waals surface area contributed by atoms with Crippen molar-refractivity contribution in [3.05, 3.63) is 35.9 Å². The van der Waals surface area contributed by atoms with Crippen molar-refractivity contribution in [1.29, 1.82) is 0 Å². The Balaban J connectivity index is 2.97. The summed E-state index contributed by atoms with van der Waals surface area (Å²) in [7, 11) is 5.33. The lowest BCUT2D eigenvalue weighted by Gasteiger charge is -2.15. The van der Waals surface area contributed by atoms with Gasteiger partial charge in [0.1, 0.15) is 7.85 Å². The summed E-state index contributed by atoms with van der Waals surface area (Å²) < 4.78 is -1.39. The molecule has 1 aromatic carbocycles. The molecule has 1 atom stereocenters. The third-order valence-electron chi connectivity index (χ3n) is 1.18. The molecule has 0 heterocycles. The fourth-order valence-electron chi connectivity index (χ4n) is 0.672. The van der Waals surface area contributed by atoms with Crippen LogP contribution in [0.3, 0.4) is 0 Å². The lowest BCUT2D eigenvalue weighted by molar-refractivity contribution is 0.233. The maximum Gasteiger partial charge on any atom is 0.136 e. The van der Waals surface area contributed by atoms with Crippen molar-refractivity contribution in [2.24, 2.45) is 0 Å². The minimum Gasteiger partial charge on any atom is -0.384 e. The molecule has 0 aromatic heterocycles. The van der Waals surface area contributed by atoms with E-state index in [9.17, 15) is 5.11 Å². The van der Waals surface area contributed by atoms with Gasteiger partial charge in [0.05, 0.1) is 4.41 Å². The Bertz CT molecular complexity index is 205. The van der Waals surface area contributed by atoms with Crippen molar-refractivity contribution in [2.45, 2.75) is 4.41 Å². The molecule has 0 saturated heterocycles. The number of benzene rings is 1. The molecule has 50 valence electrons. The van der Waals surface area contributed by atoms with Gasteiger partial charge in [0.25, 0.3) is 0 Å². The quantitative estimate of drug-likeness (QED) is 0.532. The first kappa shape index (κ1) is 7.83. The van der Waals surface area contributed by atoms with Crippen molar-refractivity contribution in [3.63, 3.8) is 0 Å². The van der Waals surface area contributed by atoms with Crippen LogP contribution in [0.25, 0.3) is 0 Å². The number of hydrogen-bond acceptors (Lipinski definition) is 1. The Hall–Kier alpha value is -0.275. The van der Waals surface area contributed by atoms with E-state index in [4.69, 9.17) is 7.85 Å². The van der Waals surface area contributed by atoms with Crippen LogP contribution in [0.4, 0.5) is 0 Å². The molecular formula is C7H6BBrO. The summed E-state index contributed by atoms with van der Waals surface area (Å²) in [5, 5.41) is 9.18. The standard InChI is InChI=1S/C7H6BBrO/c8-7(9,10)6-4-2-1-3-5-6/h1-5,10H.